The van der Waals surface area contributed by atoms with Gasteiger partial charge in [0.05, 0.1) is 0 Å². The van der Waals surface area contributed by atoms with Crippen LogP contribution in [0, 0.1) is 0 Å². The number of hydrogen-bond acceptors (Lipinski definition) is 3. The summed E-state index contributed by atoms with van der Waals surface area (Å²) in [6, 6.07) is 0. The lowest BCUT2D eigenvalue weighted by atomic mass is 9.83. The molecule has 0 aliphatic carbocycles. The Labute approximate surface area is 102 Å². The maximum atomic E-state index is 8.60. The van der Waals surface area contributed by atoms with Gasteiger partial charge in [0, 0.05) is 20.9 Å². The van der Waals surface area contributed by atoms with E-state index in [1.807, 2.05) is 0 Å². The highest BCUT2D eigenvalue weighted by Crippen LogP contribution is 2.56. The van der Waals surface area contributed by atoms with Crippen LogP contribution in [0.2, 0.25) is 0 Å². The minimum Gasteiger partial charge on any atom is -0.261 e. The molecule has 0 aromatic rings. The molecule has 0 saturated carbocycles. The molecule has 0 atom stereocenters. The average molecular weight is 255 g/mol. The van der Waals surface area contributed by atoms with E-state index in [1.54, 1.807) is 0 Å². The van der Waals surface area contributed by atoms with Crippen LogP contribution < -0.4 is 0 Å². The molecule has 0 amide bonds. The summed E-state index contributed by atoms with van der Waals surface area (Å²) in [5.41, 5.74) is 17.0. The Balaban J connectivity index is 3.18. The molecule has 0 aromatic carbocycles. The SMILES string of the molecule is CC1(C)CCCC(C)(C)N1P(N=[N+]=[N-])N=[N+]=[N-]. The van der Waals surface area contributed by atoms with E-state index >= 15 is 0 Å². The first-order valence-electron chi connectivity index (χ1n) is 5.55. The van der Waals surface area contributed by atoms with Crippen molar-refractivity contribution in [2.75, 3.05) is 0 Å². The van der Waals surface area contributed by atoms with E-state index in [4.69, 9.17) is 11.1 Å². The summed E-state index contributed by atoms with van der Waals surface area (Å²) in [5.74, 6) is 0. The Morgan fingerprint density at radius 2 is 1.41 bits per heavy atom. The summed E-state index contributed by atoms with van der Waals surface area (Å²) in [7, 11) is -1.50. The molecule has 1 saturated heterocycles. The predicted molar refractivity (Wildman–Crippen MR) is 69.1 cm³/mol. The number of rotatable bonds is 3. The Morgan fingerprint density at radius 1 is 1.00 bits per heavy atom. The van der Waals surface area contributed by atoms with Gasteiger partial charge in [0.15, 0.2) is 8.37 Å². The Hall–Kier alpha value is -0.990. The fraction of sp³-hybridized carbons (Fsp3) is 1.00. The highest BCUT2D eigenvalue weighted by molar-refractivity contribution is 7.52. The monoisotopic (exact) mass is 255 g/mol. The third kappa shape index (κ3) is 3.02. The molecule has 0 aromatic heterocycles. The summed E-state index contributed by atoms with van der Waals surface area (Å²) < 4.78 is 2.08. The maximum absolute atomic E-state index is 8.60. The molecule has 0 unspecified atom stereocenters. The lowest BCUT2D eigenvalue weighted by molar-refractivity contribution is 0.0600. The van der Waals surface area contributed by atoms with Gasteiger partial charge in [-0.3, -0.25) is 4.67 Å². The van der Waals surface area contributed by atoms with Gasteiger partial charge in [-0.25, -0.2) is 0 Å². The molecule has 1 aliphatic heterocycles. The zero-order valence-corrected chi connectivity index (χ0v) is 11.6. The zero-order chi connectivity index (χ0) is 13.1. The highest BCUT2D eigenvalue weighted by atomic mass is 31.1. The molecular weight excluding hydrogens is 237 g/mol. The lowest BCUT2D eigenvalue weighted by Gasteiger charge is -2.53. The van der Waals surface area contributed by atoms with Crippen LogP contribution in [0.3, 0.4) is 0 Å². The Bertz CT molecular complexity index is 345. The van der Waals surface area contributed by atoms with Gasteiger partial charge in [0.25, 0.3) is 0 Å². The maximum Gasteiger partial charge on any atom is 0.152 e. The molecule has 7 nitrogen and oxygen atoms in total. The molecule has 94 valence electrons. The van der Waals surface area contributed by atoms with E-state index in [-0.39, 0.29) is 11.1 Å². The Kier molecular flexibility index (Phi) is 4.23. The molecule has 1 fully saturated rings. The van der Waals surface area contributed by atoms with Crippen LogP contribution in [-0.2, 0) is 0 Å². The number of azide groups is 1. The second kappa shape index (κ2) is 5.11. The van der Waals surface area contributed by atoms with E-state index in [0.717, 1.165) is 19.3 Å². The minimum atomic E-state index is -1.50. The topological polar surface area (TPSA) is 101 Å². The quantitative estimate of drug-likeness (QED) is 0.305. The van der Waals surface area contributed by atoms with Crippen molar-refractivity contribution in [1.82, 2.24) is 4.67 Å². The molecular formula is C9H18N7P. The van der Waals surface area contributed by atoms with E-state index in [1.165, 1.54) is 0 Å². The first kappa shape index (κ1) is 14.1. The molecule has 8 heteroatoms. The van der Waals surface area contributed by atoms with E-state index in [0.29, 0.717) is 0 Å². The molecule has 0 N–H and O–H groups in total. The third-order valence-electron chi connectivity index (χ3n) is 3.14. The van der Waals surface area contributed by atoms with Crippen LogP contribution in [0.5, 0.6) is 0 Å². The fourth-order valence-corrected chi connectivity index (χ4v) is 4.15. The van der Waals surface area contributed by atoms with Gasteiger partial charge < -0.3 is 0 Å². The van der Waals surface area contributed by atoms with Gasteiger partial charge in [-0.05, 0) is 67.8 Å². The Morgan fingerprint density at radius 3 is 1.76 bits per heavy atom. The van der Waals surface area contributed by atoms with Crippen LogP contribution in [-0.4, -0.2) is 15.7 Å². The second-order valence-electron chi connectivity index (χ2n) is 5.42. The largest absolute Gasteiger partial charge is 0.261 e. The molecule has 1 rings (SSSR count). The van der Waals surface area contributed by atoms with Crippen molar-refractivity contribution < 1.29 is 0 Å². The van der Waals surface area contributed by atoms with Crippen molar-refractivity contribution in [3.8, 4) is 0 Å². The van der Waals surface area contributed by atoms with Gasteiger partial charge in [0.1, 0.15) is 0 Å². The first-order chi connectivity index (χ1) is 7.85. The van der Waals surface area contributed by atoms with Crippen LogP contribution in [0.1, 0.15) is 47.0 Å². The van der Waals surface area contributed by atoms with E-state index < -0.39 is 8.37 Å². The smallest absolute Gasteiger partial charge is 0.152 e. The zero-order valence-electron chi connectivity index (χ0n) is 10.7. The lowest BCUT2D eigenvalue weighted by Crippen LogP contribution is -2.54. The second-order valence-corrected chi connectivity index (χ2v) is 6.71. The number of hydrogen-bond donors (Lipinski definition) is 0. The number of nitrogens with zero attached hydrogens (tertiary/aromatic N) is 7. The number of piperidine rings is 1. The van der Waals surface area contributed by atoms with Crippen LogP contribution >= 0.6 is 8.37 Å². The molecule has 1 aliphatic rings. The van der Waals surface area contributed by atoms with Crippen molar-refractivity contribution in [3.05, 3.63) is 20.9 Å². The van der Waals surface area contributed by atoms with Gasteiger partial charge in [-0.1, -0.05) is 0 Å². The molecule has 1 heterocycles. The predicted octanol–water partition coefficient (Wildman–Crippen LogP) is 4.88. The first-order valence-corrected chi connectivity index (χ1v) is 6.75. The van der Waals surface area contributed by atoms with Gasteiger partial charge in [-0.15, -0.1) is 0 Å². The minimum absolute atomic E-state index is 0.115. The van der Waals surface area contributed by atoms with E-state index in [2.05, 4.69) is 52.0 Å². The standard InChI is InChI=1S/C9H18N7P/c1-8(2)6-5-7-9(3,4)16(8)17(14-12-10)15-13-11/h5-7H2,1-4H3. The normalized spacial score (nSPS) is 24.2. The summed E-state index contributed by atoms with van der Waals surface area (Å²) in [6.45, 7) is 8.40. The van der Waals surface area contributed by atoms with Crippen LogP contribution in [0.25, 0.3) is 20.9 Å². The van der Waals surface area contributed by atoms with Gasteiger partial charge in [0.2, 0.25) is 0 Å². The van der Waals surface area contributed by atoms with E-state index in [9.17, 15) is 0 Å². The molecule has 0 radical (unpaired) electrons. The fourth-order valence-electron chi connectivity index (χ4n) is 2.64. The summed E-state index contributed by atoms with van der Waals surface area (Å²) >= 11 is 0. The van der Waals surface area contributed by atoms with Gasteiger partial charge >= 0.3 is 0 Å². The van der Waals surface area contributed by atoms with Crippen molar-refractivity contribution >= 4 is 8.37 Å². The summed E-state index contributed by atoms with van der Waals surface area (Å²) in [4.78, 5) is 13.0. The highest BCUT2D eigenvalue weighted by Gasteiger charge is 2.44. The van der Waals surface area contributed by atoms with Crippen LogP contribution in [0.15, 0.2) is 9.77 Å². The summed E-state index contributed by atoms with van der Waals surface area (Å²) in [6.07, 6.45) is 3.15. The summed E-state index contributed by atoms with van der Waals surface area (Å²) in [5, 5.41) is 0. The molecule has 0 bridgehead atoms. The molecule has 17 heavy (non-hydrogen) atoms. The third-order valence-corrected chi connectivity index (χ3v) is 5.06. The molecule has 0 spiro atoms. The van der Waals surface area contributed by atoms with Crippen LogP contribution in [0.4, 0.5) is 0 Å². The van der Waals surface area contributed by atoms with Crippen molar-refractivity contribution in [3.63, 3.8) is 0 Å². The average Bonchev–Trinajstić information content (AvgIpc) is 2.15. The van der Waals surface area contributed by atoms with Crippen molar-refractivity contribution in [2.24, 2.45) is 9.77 Å². The van der Waals surface area contributed by atoms with Gasteiger partial charge in [-0.2, -0.15) is 0 Å². The van der Waals surface area contributed by atoms with Crippen molar-refractivity contribution in [2.45, 2.75) is 58.0 Å². The van der Waals surface area contributed by atoms with Crippen molar-refractivity contribution in [1.29, 1.82) is 0 Å².